The summed E-state index contributed by atoms with van der Waals surface area (Å²) in [4.78, 5) is 17.7. The topological polar surface area (TPSA) is 69.0 Å². The van der Waals surface area contributed by atoms with Crippen LogP contribution < -0.4 is 10.2 Å². The molecule has 1 amide bonds. The molecule has 2 rings (SSSR count). The fraction of sp³-hybridized carbons (Fsp3) is 0.462. The molecule has 0 unspecified atom stereocenters. The number of aromatic nitrogens is 1. The van der Waals surface area contributed by atoms with Gasteiger partial charge in [0.05, 0.1) is 16.9 Å². The molecule has 1 aliphatic rings. The summed E-state index contributed by atoms with van der Waals surface area (Å²) in [7, 11) is 0. The largest absolute Gasteiger partial charge is 0.368 e. The zero-order valence-corrected chi connectivity index (χ0v) is 10.7. The number of hydrogen-bond donors (Lipinski definition) is 1. The molecule has 0 aliphatic carbocycles. The van der Waals surface area contributed by atoms with E-state index in [9.17, 15) is 10.1 Å². The molecule has 18 heavy (non-hydrogen) atoms. The van der Waals surface area contributed by atoms with E-state index in [1.165, 1.54) is 0 Å². The highest BCUT2D eigenvalue weighted by molar-refractivity contribution is 5.77. The normalized spacial score (nSPS) is 15.8. The summed E-state index contributed by atoms with van der Waals surface area (Å²) < 4.78 is 0. The molecular weight excluding hydrogens is 228 g/mol. The first-order chi connectivity index (χ1) is 8.61. The second-order valence-electron chi connectivity index (χ2n) is 4.44. The molecular formula is C13H16N4O. The Bertz CT molecular complexity index is 518. The molecule has 5 heteroatoms. The quantitative estimate of drug-likeness (QED) is 0.796. The van der Waals surface area contributed by atoms with Crippen LogP contribution in [0.15, 0.2) is 6.07 Å². The Hall–Kier alpha value is -2.09. The number of aryl methyl sites for hydroxylation is 2. The second-order valence-corrected chi connectivity index (χ2v) is 4.44. The van der Waals surface area contributed by atoms with E-state index in [1.807, 2.05) is 19.9 Å². The van der Waals surface area contributed by atoms with Crippen LogP contribution in [0, 0.1) is 25.2 Å². The van der Waals surface area contributed by atoms with Crippen molar-refractivity contribution in [2.24, 2.45) is 0 Å². The molecule has 0 bridgehead atoms. The molecule has 1 saturated heterocycles. The van der Waals surface area contributed by atoms with E-state index in [0.717, 1.165) is 23.6 Å². The predicted octanol–water partition coefficient (Wildman–Crippen LogP) is 0.896. The van der Waals surface area contributed by atoms with Crippen LogP contribution in [0.1, 0.15) is 23.4 Å². The number of anilines is 1. The number of amides is 1. The van der Waals surface area contributed by atoms with E-state index < -0.39 is 0 Å². The Morgan fingerprint density at radius 1 is 1.44 bits per heavy atom. The highest BCUT2D eigenvalue weighted by Gasteiger charge is 2.18. The fourth-order valence-electron chi connectivity index (χ4n) is 2.20. The number of carbonyl (C=O) groups is 1. The molecule has 5 nitrogen and oxygen atoms in total. The maximum Gasteiger partial charge on any atom is 0.221 e. The molecule has 0 spiro atoms. The van der Waals surface area contributed by atoms with Gasteiger partial charge in [0.25, 0.3) is 0 Å². The van der Waals surface area contributed by atoms with Crippen molar-refractivity contribution in [3.8, 4) is 6.07 Å². The van der Waals surface area contributed by atoms with E-state index in [1.54, 1.807) is 0 Å². The van der Waals surface area contributed by atoms with Crippen LogP contribution >= 0.6 is 0 Å². The minimum Gasteiger partial charge on any atom is -0.368 e. The average Bonchev–Trinajstić information content (AvgIpc) is 2.53. The first kappa shape index (κ1) is 12.4. The summed E-state index contributed by atoms with van der Waals surface area (Å²) in [5, 5.41) is 12.1. The van der Waals surface area contributed by atoms with Crippen molar-refractivity contribution in [2.45, 2.75) is 20.3 Å². The Morgan fingerprint density at radius 3 is 2.94 bits per heavy atom. The molecule has 1 N–H and O–H groups in total. The van der Waals surface area contributed by atoms with Crippen molar-refractivity contribution in [1.82, 2.24) is 10.3 Å². The Morgan fingerprint density at radius 2 is 2.22 bits per heavy atom. The van der Waals surface area contributed by atoms with Crippen LogP contribution in [0.3, 0.4) is 0 Å². The summed E-state index contributed by atoms with van der Waals surface area (Å²) in [5.74, 6) is 0.0681. The second kappa shape index (κ2) is 5.05. The van der Waals surface area contributed by atoms with Crippen LogP contribution in [-0.4, -0.2) is 30.5 Å². The minimum atomic E-state index is 0.0681. The van der Waals surface area contributed by atoms with Gasteiger partial charge in [-0.15, -0.1) is 0 Å². The van der Waals surface area contributed by atoms with Gasteiger partial charge >= 0.3 is 0 Å². The zero-order chi connectivity index (χ0) is 13.1. The van der Waals surface area contributed by atoms with Crippen molar-refractivity contribution in [1.29, 1.82) is 5.26 Å². The van der Waals surface area contributed by atoms with Gasteiger partial charge in [-0.25, -0.2) is 0 Å². The Labute approximate surface area is 106 Å². The first-order valence-corrected chi connectivity index (χ1v) is 6.02. The SMILES string of the molecule is Cc1cc(N2CCNC(=O)CC2)c(C#N)c(C)n1. The van der Waals surface area contributed by atoms with Crippen molar-refractivity contribution in [3.05, 3.63) is 23.0 Å². The number of rotatable bonds is 1. The van der Waals surface area contributed by atoms with Gasteiger partial charge in [0.1, 0.15) is 6.07 Å². The van der Waals surface area contributed by atoms with Gasteiger partial charge in [-0.3, -0.25) is 9.78 Å². The summed E-state index contributed by atoms with van der Waals surface area (Å²) in [5.41, 5.74) is 3.13. The highest BCUT2D eigenvalue weighted by Crippen LogP contribution is 2.23. The summed E-state index contributed by atoms with van der Waals surface area (Å²) >= 11 is 0. The van der Waals surface area contributed by atoms with Gasteiger partial charge in [-0.1, -0.05) is 0 Å². The lowest BCUT2D eigenvalue weighted by Gasteiger charge is -2.23. The van der Waals surface area contributed by atoms with Crippen molar-refractivity contribution >= 4 is 11.6 Å². The van der Waals surface area contributed by atoms with Gasteiger partial charge in [-0.2, -0.15) is 5.26 Å². The van der Waals surface area contributed by atoms with Crippen molar-refractivity contribution in [2.75, 3.05) is 24.5 Å². The molecule has 2 heterocycles. The highest BCUT2D eigenvalue weighted by atomic mass is 16.1. The van der Waals surface area contributed by atoms with E-state index in [4.69, 9.17) is 0 Å². The lowest BCUT2D eigenvalue weighted by Crippen LogP contribution is -2.29. The van der Waals surface area contributed by atoms with E-state index in [2.05, 4.69) is 21.3 Å². The van der Waals surface area contributed by atoms with Gasteiger partial charge in [0.2, 0.25) is 5.91 Å². The third-order valence-electron chi connectivity index (χ3n) is 3.07. The third-order valence-corrected chi connectivity index (χ3v) is 3.07. The third kappa shape index (κ3) is 2.43. The van der Waals surface area contributed by atoms with Gasteiger partial charge in [0.15, 0.2) is 0 Å². The van der Waals surface area contributed by atoms with Gasteiger partial charge in [0, 0.05) is 31.7 Å². The first-order valence-electron chi connectivity index (χ1n) is 6.02. The monoisotopic (exact) mass is 244 g/mol. The maximum atomic E-state index is 11.3. The molecule has 0 saturated carbocycles. The predicted molar refractivity (Wildman–Crippen MR) is 68.3 cm³/mol. The standard InChI is InChI=1S/C13H16N4O/c1-9-7-12(11(8-14)10(2)16-9)17-5-3-13(18)15-4-6-17/h7H,3-6H2,1-2H3,(H,15,18). The molecule has 1 aromatic heterocycles. The molecule has 1 fully saturated rings. The van der Waals surface area contributed by atoms with Crippen molar-refractivity contribution in [3.63, 3.8) is 0 Å². The summed E-state index contributed by atoms with van der Waals surface area (Å²) in [6.07, 6.45) is 0.464. The van der Waals surface area contributed by atoms with Crippen LogP contribution in [0.5, 0.6) is 0 Å². The smallest absolute Gasteiger partial charge is 0.221 e. The minimum absolute atomic E-state index is 0.0681. The maximum absolute atomic E-state index is 11.3. The van der Waals surface area contributed by atoms with Gasteiger partial charge in [-0.05, 0) is 19.9 Å². The molecule has 0 atom stereocenters. The van der Waals surface area contributed by atoms with Gasteiger partial charge < -0.3 is 10.2 Å². The Balaban J connectivity index is 2.38. The number of hydrogen-bond acceptors (Lipinski definition) is 4. The zero-order valence-electron chi connectivity index (χ0n) is 10.7. The fourth-order valence-corrected chi connectivity index (χ4v) is 2.20. The van der Waals surface area contributed by atoms with Crippen LogP contribution in [-0.2, 0) is 4.79 Å². The van der Waals surface area contributed by atoms with Crippen LogP contribution in [0.25, 0.3) is 0 Å². The molecule has 1 aromatic rings. The molecule has 1 aliphatic heterocycles. The lowest BCUT2D eigenvalue weighted by molar-refractivity contribution is -0.120. The van der Waals surface area contributed by atoms with E-state index >= 15 is 0 Å². The molecule has 94 valence electrons. The summed E-state index contributed by atoms with van der Waals surface area (Å²) in [6, 6.07) is 4.13. The van der Waals surface area contributed by atoms with E-state index in [-0.39, 0.29) is 5.91 Å². The van der Waals surface area contributed by atoms with E-state index in [0.29, 0.717) is 25.1 Å². The summed E-state index contributed by atoms with van der Waals surface area (Å²) in [6.45, 7) is 5.74. The van der Waals surface area contributed by atoms with Crippen LogP contribution in [0.2, 0.25) is 0 Å². The number of pyridine rings is 1. The average molecular weight is 244 g/mol. The molecule has 0 aromatic carbocycles. The lowest BCUT2D eigenvalue weighted by atomic mass is 10.1. The molecule has 0 radical (unpaired) electrons. The number of nitrogens with zero attached hydrogens (tertiary/aromatic N) is 3. The number of carbonyl (C=O) groups excluding carboxylic acids is 1. The number of nitrogens with one attached hydrogen (secondary N) is 1. The number of nitriles is 1. The van der Waals surface area contributed by atoms with Crippen LogP contribution in [0.4, 0.5) is 5.69 Å². The Kier molecular flexibility index (Phi) is 3.47. The van der Waals surface area contributed by atoms with Crippen molar-refractivity contribution < 1.29 is 4.79 Å².